The molecule has 0 aliphatic carbocycles. The quantitative estimate of drug-likeness (QED) is 0.348. The summed E-state index contributed by atoms with van der Waals surface area (Å²) in [4.78, 5) is 18.7. The number of hydrogen-bond acceptors (Lipinski definition) is 8. The number of benzene rings is 1. The Balaban J connectivity index is 1.77. The minimum atomic E-state index is -0.452. The zero-order valence-corrected chi connectivity index (χ0v) is 23.6. The van der Waals surface area contributed by atoms with Gasteiger partial charge in [-0.05, 0) is 44.0 Å². The van der Waals surface area contributed by atoms with Crippen molar-refractivity contribution in [3.05, 3.63) is 59.9 Å². The van der Waals surface area contributed by atoms with E-state index in [9.17, 15) is 0 Å². The van der Waals surface area contributed by atoms with Crippen molar-refractivity contribution in [2.45, 2.75) is 71.8 Å². The van der Waals surface area contributed by atoms with Crippen LogP contribution >= 0.6 is 0 Å². The maximum absolute atomic E-state index is 6.37. The zero-order valence-electron chi connectivity index (χ0n) is 23.6. The van der Waals surface area contributed by atoms with Crippen LogP contribution in [-0.4, -0.2) is 35.8 Å². The van der Waals surface area contributed by atoms with Gasteiger partial charge in [0, 0.05) is 35.2 Å². The number of anilines is 2. The third-order valence-electron chi connectivity index (χ3n) is 6.31. The molecule has 4 rings (SSSR count). The summed E-state index contributed by atoms with van der Waals surface area (Å²) < 4.78 is 7.95. The van der Waals surface area contributed by atoms with E-state index in [-0.39, 0.29) is 11.5 Å². The molecule has 38 heavy (non-hydrogen) atoms. The minimum absolute atomic E-state index is 0.0188. The Labute approximate surface area is 224 Å². The van der Waals surface area contributed by atoms with Crippen molar-refractivity contribution in [2.75, 3.05) is 11.5 Å². The summed E-state index contributed by atoms with van der Waals surface area (Å²) in [7, 11) is 1.87. The van der Waals surface area contributed by atoms with Gasteiger partial charge in [0.05, 0.1) is 47.5 Å². The van der Waals surface area contributed by atoms with Crippen LogP contribution in [0.2, 0.25) is 0 Å². The average Bonchev–Trinajstić information content (AvgIpc) is 3.25. The van der Waals surface area contributed by atoms with Gasteiger partial charge in [0.2, 0.25) is 0 Å². The molecule has 0 saturated heterocycles. The van der Waals surface area contributed by atoms with E-state index in [0.717, 1.165) is 45.2 Å². The number of rotatable bonds is 7. The monoisotopic (exact) mass is 514 g/mol. The van der Waals surface area contributed by atoms with Crippen LogP contribution in [0.5, 0.6) is 5.75 Å². The molecule has 0 atom stereocenters. The normalized spacial score (nSPS) is 12.2. The van der Waals surface area contributed by atoms with Gasteiger partial charge >= 0.3 is 0 Å². The van der Waals surface area contributed by atoms with E-state index in [2.05, 4.69) is 55.8 Å². The first kappa shape index (κ1) is 27.0. The zero-order chi connectivity index (χ0) is 27.8. The van der Waals surface area contributed by atoms with E-state index in [1.54, 1.807) is 23.3 Å². The first-order valence-electron chi connectivity index (χ1n) is 12.8. The largest absolute Gasteiger partial charge is 0.491 e. The van der Waals surface area contributed by atoms with Gasteiger partial charge < -0.3 is 16.2 Å². The molecule has 4 aromatic rings. The van der Waals surface area contributed by atoms with E-state index in [1.807, 2.05) is 39.2 Å². The second-order valence-corrected chi connectivity index (χ2v) is 11.7. The van der Waals surface area contributed by atoms with Crippen molar-refractivity contribution in [3.8, 4) is 28.3 Å². The summed E-state index contributed by atoms with van der Waals surface area (Å²) in [6.45, 7) is 14.5. The van der Waals surface area contributed by atoms with E-state index >= 15 is 0 Å². The van der Waals surface area contributed by atoms with Crippen LogP contribution < -0.4 is 16.2 Å². The SMILES string of the molecule is CC(C)Oc1ccc(-c2cnc(N)c(C(C)(C)C)n2)cc1CC(C)(C)c1nc(-c2cnn(C)c2)cnc1N. The summed E-state index contributed by atoms with van der Waals surface area (Å²) >= 11 is 0. The van der Waals surface area contributed by atoms with Gasteiger partial charge in [0.1, 0.15) is 17.4 Å². The van der Waals surface area contributed by atoms with Crippen LogP contribution in [0.4, 0.5) is 11.6 Å². The lowest BCUT2D eigenvalue weighted by Gasteiger charge is -2.27. The smallest absolute Gasteiger partial charge is 0.145 e. The first-order chi connectivity index (χ1) is 17.7. The summed E-state index contributed by atoms with van der Waals surface area (Å²) in [5, 5.41) is 4.26. The third-order valence-corrected chi connectivity index (χ3v) is 6.31. The lowest BCUT2D eigenvalue weighted by atomic mass is 9.81. The number of ether oxygens (including phenoxy) is 1. The van der Waals surface area contributed by atoms with E-state index in [4.69, 9.17) is 26.2 Å². The van der Waals surface area contributed by atoms with Crippen LogP contribution in [0.15, 0.2) is 43.0 Å². The molecule has 0 saturated carbocycles. The molecular weight excluding hydrogens is 476 g/mol. The summed E-state index contributed by atoms with van der Waals surface area (Å²) in [6.07, 6.45) is 7.73. The predicted octanol–water partition coefficient (Wildman–Crippen LogP) is 5.10. The van der Waals surface area contributed by atoms with Crippen LogP contribution in [0.25, 0.3) is 22.5 Å². The topological polar surface area (TPSA) is 131 Å². The lowest BCUT2D eigenvalue weighted by molar-refractivity contribution is 0.238. The Morgan fingerprint density at radius 2 is 1.47 bits per heavy atom. The predicted molar refractivity (Wildman–Crippen MR) is 152 cm³/mol. The Morgan fingerprint density at radius 3 is 2.05 bits per heavy atom. The summed E-state index contributed by atoms with van der Waals surface area (Å²) in [6, 6.07) is 6.12. The molecule has 0 unspecified atom stereocenters. The fourth-order valence-corrected chi connectivity index (χ4v) is 4.48. The van der Waals surface area contributed by atoms with Crippen molar-refractivity contribution in [1.29, 1.82) is 0 Å². The number of hydrogen-bond donors (Lipinski definition) is 2. The highest BCUT2D eigenvalue weighted by Crippen LogP contribution is 2.36. The highest BCUT2D eigenvalue weighted by molar-refractivity contribution is 5.64. The molecule has 9 nitrogen and oxygen atoms in total. The maximum atomic E-state index is 6.37. The molecule has 3 heterocycles. The molecule has 0 aliphatic heterocycles. The molecule has 0 amide bonds. The molecule has 0 radical (unpaired) electrons. The number of aromatic nitrogens is 6. The Bertz CT molecular complexity index is 1450. The Hall–Kier alpha value is -4.01. The number of aryl methyl sites for hydroxylation is 1. The second kappa shape index (κ2) is 10.0. The van der Waals surface area contributed by atoms with Gasteiger partial charge in [-0.25, -0.2) is 19.9 Å². The minimum Gasteiger partial charge on any atom is -0.491 e. The highest BCUT2D eigenvalue weighted by atomic mass is 16.5. The summed E-state index contributed by atoms with van der Waals surface area (Å²) in [5.74, 6) is 1.67. The molecule has 0 spiro atoms. The van der Waals surface area contributed by atoms with Crippen molar-refractivity contribution >= 4 is 11.6 Å². The van der Waals surface area contributed by atoms with Crippen LogP contribution in [-0.2, 0) is 24.3 Å². The maximum Gasteiger partial charge on any atom is 0.145 e. The molecule has 3 aromatic heterocycles. The number of nitrogens with two attached hydrogens (primary N) is 2. The van der Waals surface area contributed by atoms with E-state index in [0.29, 0.717) is 18.1 Å². The molecular formula is C29H38N8O. The third kappa shape index (κ3) is 5.77. The molecule has 0 fully saturated rings. The molecule has 1 aromatic carbocycles. The van der Waals surface area contributed by atoms with E-state index in [1.165, 1.54) is 0 Å². The molecule has 4 N–H and O–H groups in total. The lowest BCUT2D eigenvalue weighted by Crippen LogP contribution is -2.25. The number of nitrogens with zero attached hydrogens (tertiary/aromatic N) is 6. The molecule has 0 bridgehead atoms. The van der Waals surface area contributed by atoms with Crippen LogP contribution in [0, 0.1) is 0 Å². The van der Waals surface area contributed by atoms with Gasteiger partial charge in [-0.2, -0.15) is 5.10 Å². The molecule has 200 valence electrons. The fraction of sp³-hybridized carbons (Fsp3) is 0.414. The molecule has 9 heteroatoms. The van der Waals surface area contributed by atoms with Crippen molar-refractivity contribution in [3.63, 3.8) is 0 Å². The molecule has 0 aliphatic rings. The van der Waals surface area contributed by atoms with Gasteiger partial charge in [-0.3, -0.25) is 4.68 Å². The standard InChI is InChI=1S/C29H38N8O/c1-17(2)38-23-10-9-18(21-14-32-26(30)24(35-21)28(3,4)5)11-19(23)12-29(6,7)25-27(31)33-15-22(36-25)20-13-34-37(8)16-20/h9-11,13-17H,12H2,1-8H3,(H2,30,32)(H2,31,33). The van der Waals surface area contributed by atoms with Crippen LogP contribution in [0.1, 0.15) is 65.4 Å². The number of nitrogen functional groups attached to an aromatic ring is 2. The average molecular weight is 515 g/mol. The first-order valence-corrected chi connectivity index (χ1v) is 12.8. The van der Waals surface area contributed by atoms with E-state index < -0.39 is 5.41 Å². The Morgan fingerprint density at radius 1 is 0.868 bits per heavy atom. The van der Waals surface area contributed by atoms with Gasteiger partial charge in [-0.1, -0.05) is 34.6 Å². The second-order valence-electron chi connectivity index (χ2n) is 11.7. The van der Waals surface area contributed by atoms with Gasteiger partial charge in [0.15, 0.2) is 0 Å². The van der Waals surface area contributed by atoms with Gasteiger partial charge in [-0.15, -0.1) is 0 Å². The van der Waals surface area contributed by atoms with Crippen molar-refractivity contribution in [1.82, 2.24) is 29.7 Å². The van der Waals surface area contributed by atoms with Crippen molar-refractivity contribution < 1.29 is 4.74 Å². The van der Waals surface area contributed by atoms with Crippen molar-refractivity contribution in [2.24, 2.45) is 7.05 Å². The Kier molecular flexibility index (Phi) is 7.14. The fourth-order valence-electron chi connectivity index (χ4n) is 4.48. The summed E-state index contributed by atoms with van der Waals surface area (Å²) in [5.41, 5.74) is 17.7. The van der Waals surface area contributed by atoms with Gasteiger partial charge in [0.25, 0.3) is 0 Å². The van der Waals surface area contributed by atoms with Crippen LogP contribution in [0.3, 0.4) is 0 Å². The highest BCUT2D eigenvalue weighted by Gasteiger charge is 2.29.